The van der Waals surface area contributed by atoms with Crippen molar-refractivity contribution >= 4 is 28.5 Å². The van der Waals surface area contributed by atoms with Gasteiger partial charge in [-0.15, -0.1) is 0 Å². The summed E-state index contributed by atoms with van der Waals surface area (Å²) in [6.45, 7) is 6.03. The van der Waals surface area contributed by atoms with Gasteiger partial charge in [0.05, 0.1) is 12.6 Å². The van der Waals surface area contributed by atoms with Crippen LogP contribution in [0.25, 0.3) is 17.0 Å². The van der Waals surface area contributed by atoms with E-state index in [-0.39, 0.29) is 0 Å². The van der Waals surface area contributed by atoms with Crippen molar-refractivity contribution in [2.24, 2.45) is 0 Å². The maximum absolute atomic E-state index is 5.18. The fraction of sp³-hybridized carbons (Fsp3) is 0.105. The molecule has 0 unspecified atom stereocenters. The van der Waals surface area contributed by atoms with Crippen LogP contribution < -0.4 is 10.1 Å². The number of fused-ring (bicyclic) bond motifs is 1. The van der Waals surface area contributed by atoms with Gasteiger partial charge < -0.3 is 10.1 Å². The second-order valence-electron chi connectivity index (χ2n) is 5.07. The first-order valence-corrected chi connectivity index (χ1v) is 7.16. The number of methoxy groups -OCH3 is 1. The molecule has 0 aliphatic rings. The minimum Gasteiger partial charge on any atom is -0.497 e. The van der Waals surface area contributed by atoms with Crippen LogP contribution in [0.15, 0.2) is 55.1 Å². The summed E-state index contributed by atoms with van der Waals surface area (Å²) in [4.78, 5) is 4.73. The Morgan fingerprint density at radius 1 is 1.09 bits per heavy atom. The molecular formula is C19H18N2O. The van der Waals surface area contributed by atoms with Gasteiger partial charge in [-0.05, 0) is 42.8 Å². The smallest absolute Gasteiger partial charge is 0.138 e. The summed E-state index contributed by atoms with van der Waals surface area (Å²) in [5.74, 6) is 1.65. The van der Waals surface area contributed by atoms with E-state index >= 15 is 0 Å². The fourth-order valence-corrected chi connectivity index (χ4v) is 2.55. The van der Waals surface area contributed by atoms with Crippen molar-refractivity contribution in [3.8, 4) is 5.75 Å². The van der Waals surface area contributed by atoms with Gasteiger partial charge in [0.25, 0.3) is 0 Å². The Morgan fingerprint density at radius 3 is 2.50 bits per heavy atom. The standard InChI is InChI=1S/C19H18N2O/c1-4-16-13(2)17-7-5-6-8-18(17)21-19(16)20-14-9-11-15(22-3)12-10-14/h4-12H,1H2,2-3H3,(H,20,21). The number of rotatable bonds is 4. The molecule has 0 aliphatic heterocycles. The van der Waals surface area contributed by atoms with Gasteiger partial charge in [-0.3, -0.25) is 0 Å². The quantitative estimate of drug-likeness (QED) is 0.739. The van der Waals surface area contributed by atoms with Crippen LogP contribution in [0, 0.1) is 6.92 Å². The molecule has 3 rings (SSSR count). The number of pyridine rings is 1. The van der Waals surface area contributed by atoms with E-state index in [4.69, 9.17) is 9.72 Å². The number of anilines is 2. The Hall–Kier alpha value is -2.81. The number of nitrogens with zero attached hydrogens (tertiary/aromatic N) is 1. The van der Waals surface area contributed by atoms with Crippen LogP contribution in [0.4, 0.5) is 11.5 Å². The Labute approximate surface area is 130 Å². The van der Waals surface area contributed by atoms with E-state index in [0.717, 1.165) is 33.7 Å². The highest BCUT2D eigenvalue weighted by atomic mass is 16.5. The molecular weight excluding hydrogens is 272 g/mol. The predicted octanol–water partition coefficient (Wildman–Crippen LogP) is 4.94. The lowest BCUT2D eigenvalue weighted by Gasteiger charge is -2.14. The lowest BCUT2D eigenvalue weighted by Crippen LogP contribution is -1.99. The highest BCUT2D eigenvalue weighted by Gasteiger charge is 2.09. The van der Waals surface area contributed by atoms with Gasteiger partial charge in [-0.25, -0.2) is 4.98 Å². The Balaban J connectivity index is 2.06. The Morgan fingerprint density at radius 2 is 1.82 bits per heavy atom. The van der Waals surface area contributed by atoms with Crippen molar-refractivity contribution in [1.82, 2.24) is 4.98 Å². The molecule has 0 bridgehead atoms. The van der Waals surface area contributed by atoms with Gasteiger partial charge in [-0.2, -0.15) is 0 Å². The third-order valence-electron chi connectivity index (χ3n) is 3.76. The van der Waals surface area contributed by atoms with Crippen LogP contribution >= 0.6 is 0 Å². The average molecular weight is 290 g/mol. The first-order chi connectivity index (χ1) is 10.7. The molecule has 0 atom stereocenters. The topological polar surface area (TPSA) is 34.1 Å². The number of benzene rings is 2. The maximum Gasteiger partial charge on any atom is 0.138 e. The average Bonchev–Trinajstić information content (AvgIpc) is 2.56. The molecule has 0 saturated carbocycles. The first-order valence-electron chi connectivity index (χ1n) is 7.16. The molecule has 3 aromatic rings. The predicted molar refractivity (Wildman–Crippen MR) is 92.8 cm³/mol. The van der Waals surface area contributed by atoms with Gasteiger partial charge in [0.15, 0.2) is 0 Å². The van der Waals surface area contributed by atoms with E-state index in [1.807, 2.05) is 48.5 Å². The highest BCUT2D eigenvalue weighted by molar-refractivity contribution is 5.89. The summed E-state index contributed by atoms with van der Waals surface area (Å²) in [5, 5.41) is 4.52. The van der Waals surface area contributed by atoms with Crippen molar-refractivity contribution in [2.75, 3.05) is 12.4 Å². The van der Waals surface area contributed by atoms with Crippen molar-refractivity contribution in [2.45, 2.75) is 6.92 Å². The van der Waals surface area contributed by atoms with Crippen molar-refractivity contribution < 1.29 is 4.74 Å². The molecule has 0 amide bonds. The molecule has 3 nitrogen and oxygen atoms in total. The number of hydrogen-bond acceptors (Lipinski definition) is 3. The van der Waals surface area contributed by atoms with Crippen LogP contribution in [0.5, 0.6) is 5.75 Å². The van der Waals surface area contributed by atoms with Gasteiger partial charge >= 0.3 is 0 Å². The van der Waals surface area contributed by atoms with Gasteiger partial charge in [-0.1, -0.05) is 30.9 Å². The number of hydrogen-bond donors (Lipinski definition) is 1. The maximum atomic E-state index is 5.18. The Bertz CT molecular complexity index is 823. The summed E-state index contributed by atoms with van der Waals surface area (Å²) >= 11 is 0. The van der Waals surface area contributed by atoms with E-state index in [1.54, 1.807) is 7.11 Å². The summed E-state index contributed by atoms with van der Waals surface area (Å²) < 4.78 is 5.18. The van der Waals surface area contributed by atoms with Crippen LogP contribution in [-0.2, 0) is 0 Å². The molecule has 22 heavy (non-hydrogen) atoms. The number of ether oxygens (including phenoxy) is 1. The SMILES string of the molecule is C=Cc1c(Nc2ccc(OC)cc2)nc2ccccc2c1C. The van der Waals surface area contributed by atoms with Crippen LogP contribution in [-0.4, -0.2) is 12.1 Å². The number of nitrogens with one attached hydrogen (secondary N) is 1. The Kier molecular flexibility index (Phi) is 3.79. The molecule has 0 spiro atoms. The molecule has 1 heterocycles. The fourth-order valence-electron chi connectivity index (χ4n) is 2.55. The van der Waals surface area contributed by atoms with E-state index in [1.165, 1.54) is 5.56 Å². The second kappa shape index (κ2) is 5.90. The molecule has 0 saturated heterocycles. The molecule has 110 valence electrons. The van der Waals surface area contributed by atoms with Crippen molar-refractivity contribution in [1.29, 1.82) is 0 Å². The van der Waals surface area contributed by atoms with Crippen molar-refractivity contribution in [3.63, 3.8) is 0 Å². The summed E-state index contributed by atoms with van der Waals surface area (Å²) in [5.41, 5.74) is 4.14. The molecule has 1 N–H and O–H groups in total. The van der Waals surface area contributed by atoms with Gasteiger partial charge in [0.1, 0.15) is 11.6 Å². The van der Waals surface area contributed by atoms with E-state index in [2.05, 4.69) is 24.9 Å². The lowest BCUT2D eigenvalue weighted by molar-refractivity contribution is 0.415. The van der Waals surface area contributed by atoms with Crippen molar-refractivity contribution in [3.05, 3.63) is 66.2 Å². The number of aromatic nitrogens is 1. The van der Waals surface area contributed by atoms with Gasteiger partial charge in [0, 0.05) is 16.6 Å². The zero-order valence-corrected chi connectivity index (χ0v) is 12.8. The normalized spacial score (nSPS) is 10.5. The minimum atomic E-state index is 0.816. The molecule has 0 aliphatic carbocycles. The van der Waals surface area contributed by atoms with E-state index < -0.39 is 0 Å². The van der Waals surface area contributed by atoms with E-state index in [0.29, 0.717) is 0 Å². The summed E-state index contributed by atoms with van der Waals surface area (Å²) in [6, 6.07) is 15.9. The largest absolute Gasteiger partial charge is 0.497 e. The van der Waals surface area contributed by atoms with E-state index in [9.17, 15) is 0 Å². The lowest BCUT2D eigenvalue weighted by atomic mass is 10.0. The molecule has 0 radical (unpaired) electrons. The molecule has 2 aromatic carbocycles. The highest BCUT2D eigenvalue weighted by Crippen LogP contribution is 2.29. The van der Waals surface area contributed by atoms with Gasteiger partial charge in [0.2, 0.25) is 0 Å². The molecule has 0 fully saturated rings. The first kappa shape index (κ1) is 14.1. The molecule has 1 aromatic heterocycles. The second-order valence-corrected chi connectivity index (χ2v) is 5.07. The number of para-hydroxylation sites is 1. The minimum absolute atomic E-state index is 0.816. The third-order valence-corrected chi connectivity index (χ3v) is 3.76. The van der Waals surface area contributed by atoms with Crippen LogP contribution in [0.1, 0.15) is 11.1 Å². The van der Waals surface area contributed by atoms with Crippen LogP contribution in [0.2, 0.25) is 0 Å². The summed E-state index contributed by atoms with van der Waals surface area (Å²) in [7, 11) is 1.66. The molecule has 3 heteroatoms. The van der Waals surface area contributed by atoms with Crippen LogP contribution in [0.3, 0.4) is 0 Å². The third kappa shape index (κ3) is 2.53. The summed E-state index contributed by atoms with van der Waals surface area (Å²) in [6.07, 6.45) is 1.85. The monoisotopic (exact) mass is 290 g/mol. The number of aryl methyl sites for hydroxylation is 1. The zero-order chi connectivity index (χ0) is 15.5. The zero-order valence-electron chi connectivity index (χ0n) is 12.8.